The van der Waals surface area contributed by atoms with Gasteiger partial charge >= 0.3 is 0 Å². The minimum Gasteiger partial charge on any atom is -0.464 e. The average Bonchev–Trinajstić information content (AvgIpc) is 2.69. The Morgan fingerprint density at radius 1 is 1.64 bits per heavy atom. The Labute approximate surface area is 80.6 Å². The van der Waals surface area contributed by atoms with Crippen LogP contribution in [0.2, 0.25) is 0 Å². The number of hydrogen-bond donors (Lipinski definition) is 2. The number of nitrogens with one attached hydrogen (secondary N) is 1. The molecule has 2 rings (SSSR count). The van der Waals surface area contributed by atoms with Gasteiger partial charge in [-0.25, -0.2) is 0 Å². The number of rotatable bonds is 3. The number of nitrogens with zero attached hydrogens (tertiary/aromatic N) is 2. The van der Waals surface area contributed by atoms with Crippen molar-refractivity contribution in [3.8, 4) is 11.3 Å². The molecule has 2 heterocycles. The number of aromatic nitrogens is 2. The van der Waals surface area contributed by atoms with Crippen LogP contribution in [0.15, 0.2) is 35.2 Å². The van der Waals surface area contributed by atoms with E-state index < -0.39 is 0 Å². The van der Waals surface area contributed by atoms with Gasteiger partial charge in [0, 0.05) is 6.20 Å². The van der Waals surface area contributed by atoms with Crippen LogP contribution in [0.5, 0.6) is 0 Å². The molecule has 0 saturated heterocycles. The second-order valence-electron chi connectivity index (χ2n) is 2.93. The minimum absolute atomic E-state index is 0.0825. The zero-order valence-electron chi connectivity index (χ0n) is 7.47. The third-order valence-corrected chi connectivity index (χ3v) is 1.77. The molecule has 3 N–H and O–H groups in total. The van der Waals surface area contributed by atoms with Gasteiger partial charge in [0.05, 0.1) is 24.6 Å². The summed E-state index contributed by atoms with van der Waals surface area (Å²) < 4.78 is 6.80. The largest absolute Gasteiger partial charge is 0.464 e. The van der Waals surface area contributed by atoms with Crippen LogP contribution in [0.4, 0.5) is 0 Å². The average molecular weight is 190 g/mol. The van der Waals surface area contributed by atoms with Crippen molar-refractivity contribution in [2.75, 3.05) is 0 Å². The first-order valence-electron chi connectivity index (χ1n) is 4.15. The molecule has 5 nitrogen and oxygen atoms in total. The van der Waals surface area contributed by atoms with Crippen LogP contribution < -0.4 is 5.73 Å². The summed E-state index contributed by atoms with van der Waals surface area (Å²) in [5.74, 6) is 0.846. The summed E-state index contributed by atoms with van der Waals surface area (Å²) in [5, 5.41) is 11.2. The van der Waals surface area contributed by atoms with Crippen molar-refractivity contribution < 1.29 is 4.42 Å². The van der Waals surface area contributed by atoms with Gasteiger partial charge in [-0.2, -0.15) is 5.10 Å². The van der Waals surface area contributed by atoms with E-state index in [1.54, 1.807) is 23.3 Å². The molecule has 0 spiro atoms. The second kappa shape index (κ2) is 3.37. The van der Waals surface area contributed by atoms with Crippen molar-refractivity contribution in [3.05, 3.63) is 30.8 Å². The molecule has 0 fully saturated rings. The highest BCUT2D eigenvalue weighted by atomic mass is 16.3. The molecule has 2 aromatic heterocycles. The van der Waals surface area contributed by atoms with Crippen molar-refractivity contribution in [2.45, 2.75) is 6.54 Å². The molecule has 2 aromatic rings. The SMILES string of the molecule is N=C(N)Cn1cc(-c2ccco2)cn1. The lowest BCUT2D eigenvalue weighted by atomic mass is 10.3. The van der Waals surface area contributed by atoms with E-state index in [0.29, 0.717) is 6.54 Å². The molecule has 0 aromatic carbocycles. The van der Waals surface area contributed by atoms with Gasteiger partial charge in [-0.15, -0.1) is 0 Å². The third-order valence-electron chi connectivity index (χ3n) is 1.77. The monoisotopic (exact) mass is 190 g/mol. The van der Waals surface area contributed by atoms with Crippen LogP contribution in [0, 0.1) is 5.41 Å². The van der Waals surface area contributed by atoms with E-state index in [9.17, 15) is 0 Å². The molecule has 0 bridgehead atoms. The molecule has 0 saturated carbocycles. The van der Waals surface area contributed by atoms with Gasteiger partial charge in [-0.05, 0) is 12.1 Å². The molecule has 5 heteroatoms. The van der Waals surface area contributed by atoms with Gasteiger partial charge in [-0.1, -0.05) is 0 Å². The molecule has 0 amide bonds. The van der Waals surface area contributed by atoms with Gasteiger partial charge < -0.3 is 10.2 Å². The van der Waals surface area contributed by atoms with Crippen LogP contribution in [0.25, 0.3) is 11.3 Å². The van der Waals surface area contributed by atoms with Crippen molar-refractivity contribution in [1.29, 1.82) is 5.41 Å². The van der Waals surface area contributed by atoms with Crippen molar-refractivity contribution in [1.82, 2.24) is 9.78 Å². The maximum Gasteiger partial charge on any atom is 0.137 e. The van der Waals surface area contributed by atoms with Crippen molar-refractivity contribution >= 4 is 5.84 Å². The molecule has 0 unspecified atom stereocenters. The van der Waals surface area contributed by atoms with Crippen LogP contribution in [0.3, 0.4) is 0 Å². The summed E-state index contributed by atoms with van der Waals surface area (Å²) in [5.41, 5.74) is 6.14. The molecular weight excluding hydrogens is 180 g/mol. The van der Waals surface area contributed by atoms with Gasteiger partial charge in [0.2, 0.25) is 0 Å². The summed E-state index contributed by atoms with van der Waals surface area (Å²) >= 11 is 0. The fourth-order valence-corrected chi connectivity index (χ4v) is 1.19. The van der Waals surface area contributed by atoms with E-state index in [-0.39, 0.29) is 5.84 Å². The molecule has 0 aliphatic rings. The van der Waals surface area contributed by atoms with E-state index in [1.807, 2.05) is 12.1 Å². The molecule has 0 atom stereocenters. The van der Waals surface area contributed by atoms with Gasteiger partial charge in [0.25, 0.3) is 0 Å². The smallest absolute Gasteiger partial charge is 0.137 e. The van der Waals surface area contributed by atoms with E-state index in [2.05, 4.69) is 5.10 Å². The zero-order chi connectivity index (χ0) is 9.97. The number of furan rings is 1. The Hall–Kier alpha value is -2.04. The summed E-state index contributed by atoms with van der Waals surface area (Å²) in [6, 6.07) is 3.67. The summed E-state index contributed by atoms with van der Waals surface area (Å²) in [6.45, 7) is 0.306. The lowest BCUT2D eigenvalue weighted by molar-refractivity contribution is 0.582. The Morgan fingerprint density at radius 2 is 2.50 bits per heavy atom. The Morgan fingerprint density at radius 3 is 3.14 bits per heavy atom. The lowest BCUT2D eigenvalue weighted by Gasteiger charge is -1.96. The first kappa shape index (κ1) is 8.55. The summed E-state index contributed by atoms with van der Waals surface area (Å²) in [6.07, 6.45) is 5.08. The second-order valence-corrected chi connectivity index (χ2v) is 2.93. The van der Waals surface area contributed by atoms with Crippen molar-refractivity contribution in [3.63, 3.8) is 0 Å². The topological polar surface area (TPSA) is 80.8 Å². The first-order chi connectivity index (χ1) is 6.75. The third kappa shape index (κ3) is 1.66. The number of amidine groups is 1. The zero-order valence-corrected chi connectivity index (χ0v) is 7.47. The van der Waals surface area contributed by atoms with Crippen molar-refractivity contribution in [2.24, 2.45) is 5.73 Å². The molecule has 0 aliphatic carbocycles. The predicted molar refractivity (Wildman–Crippen MR) is 51.8 cm³/mol. The summed E-state index contributed by atoms with van der Waals surface area (Å²) in [4.78, 5) is 0. The Balaban J connectivity index is 2.22. The molecule has 72 valence electrons. The Kier molecular flexibility index (Phi) is 2.06. The highest BCUT2D eigenvalue weighted by Gasteiger charge is 2.03. The summed E-state index contributed by atoms with van der Waals surface area (Å²) in [7, 11) is 0. The van der Waals surface area contributed by atoms with E-state index in [1.165, 1.54) is 0 Å². The minimum atomic E-state index is 0.0825. The quantitative estimate of drug-likeness (QED) is 0.561. The van der Waals surface area contributed by atoms with E-state index >= 15 is 0 Å². The molecule has 0 radical (unpaired) electrons. The maximum absolute atomic E-state index is 7.11. The van der Waals surface area contributed by atoms with Gasteiger partial charge in [0.15, 0.2) is 0 Å². The molecule has 14 heavy (non-hydrogen) atoms. The standard InChI is InChI=1S/C9H10N4O/c10-9(11)6-13-5-7(4-12-13)8-2-1-3-14-8/h1-5H,6H2,(H3,10,11). The van der Waals surface area contributed by atoms with Gasteiger partial charge in [-0.3, -0.25) is 10.1 Å². The maximum atomic E-state index is 7.11. The number of nitrogens with two attached hydrogens (primary N) is 1. The number of hydrogen-bond acceptors (Lipinski definition) is 3. The normalized spacial score (nSPS) is 10.3. The highest BCUT2D eigenvalue weighted by molar-refractivity contribution is 5.76. The fourth-order valence-electron chi connectivity index (χ4n) is 1.19. The van der Waals surface area contributed by atoms with E-state index in [0.717, 1.165) is 11.3 Å². The van der Waals surface area contributed by atoms with Crippen LogP contribution >= 0.6 is 0 Å². The predicted octanol–water partition coefficient (Wildman–Crippen LogP) is 1.08. The Bertz CT molecular complexity index is 429. The highest BCUT2D eigenvalue weighted by Crippen LogP contribution is 2.18. The van der Waals surface area contributed by atoms with E-state index in [4.69, 9.17) is 15.6 Å². The molecule has 0 aliphatic heterocycles. The van der Waals surface area contributed by atoms with Crippen LogP contribution in [-0.4, -0.2) is 15.6 Å². The van der Waals surface area contributed by atoms with Crippen LogP contribution in [0.1, 0.15) is 0 Å². The molecular formula is C9H10N4O. The fraction of sp³-hybridized carbons (Fsp3) is 0.111. The lowest BCUT2D eigenvalue weighted by Crippen LogP contribution is -2.17. The first-order valence-corrected chi connectivity index (χ1v) is 4.15. The van der Waals surface area contributed by atoms with Crippen LogP contribution in [-0.2, 0) is 6.54 Å². The van der Waals surface area contributed by atoms with Gasteiger partial charge in [0.1, 0.15) is 11.6 Å².